The van der Waals surface area contributed by atoms with Crippen molar-refractivity contribution in [2.75, 3.05) is 46.6 Å². The van der Waals surface area contributed by atoms with Gasteiger partial charge in [-0.15, -0.1) is 0 Å². The Hall–Kier alpha value is -0.270. The smallest absolute Gasteiger partial charge is 0.106 e. The molecule has 0 aromatic carbocycles. The van der Waals surface area contributed by atoms with Crippen molar-refractivity contribution in [2.45, 2.75) is 94.6 Å². The van der Waals surface area contributed by atoms with Gasteiger partial charge in [-0.2, -0.15) is 0 Å². The van der Waals surface area contributed by atoms with Crippen molar-refractivity contribution in [3.8, 4) is 0 Å². The number of hydrogen-bond donors (Lipinski definition) is 1. The number of ether oxygens (including phenoxy) is 2. The first-order valence-electron chi connectivity index (χ1n) is 13.1. The average molecular weight is 438 g/mol. The minimum atomic E-state index is -0.680. The van der Waals surface area contributed by atoms with Gasteiger partial charge in [-0.1, -0.05) is 19.3 Å². The lowest BCUT2D eigenvalue weighted by Crippen LogP contribution is -2.62. The number of rotatable bonds is 0. The highest BCUT2D eigenvalue weighted by molar-refractivity contribution is 5.11. The molecular formula is C25H44FN3O2. The number of hydrogen-bond acceptors (Lipinski definition) is 5. The first kappa shape index (κ1) is 22.5. The summed E-state index contributed by atoms with van der Waals surface area (Å²) in [7, 11) is 2.22. The van der Waals surface area contributed by atoms with Crippen LogP contribution in [0, 0.1) is 17.8 Å². The zero-order chi connectivity index (χ0) is 21.4. The van der Waals surface area contributed by atoms with Crippen LogP contribution < -0.4 is 5.32 Å². The molecule has 5 aliphatic rings. The fourth-order valence-electron chi connectivity index (χ4n) is 7.83. The highest BCUT2D eigenvalue weighted by Gasteiger charge is 2.53. The van der Waals surface area contributed by atoms with Crippen LogP contribution in [-0.4, -0.2) is 86.3 Å². The maximum Gasteiger partial charge on any atom is 0.106 e. The lowest BCUT2D eigenvalue weighted by atomic mass is 9.66. The number of alkyl halides is 1. The third-order valence-electron chi connectivity index (χ3n) is 9.36. The summed E-state index contributed by atoms with van der Waals surface area (Å²) in [6, 6.07) is 0.823. The van der Waals surface area contributed by atoms with E-state index in [2.05, 4.69) is 29.1 Å². The van der Waals surface area contributed by atoms with Gasteiger partial charge in [0.15, 0.2) is 0 Å². The molecule has 1 spiro atoms. The van der Waals surface area contributed by atoms with Crippen LogP contribution in [0.3, 0.4) is 0 Å². The fourth-order valence-corrected chi connectivity index (χ4v) is 7.83. The number of nitrogens with zero attached hydrogens (tertiary/aromatic N) is 2. The Kier molecular flexibility index (Phi) is 6.93. The molecule has 0 radical (unpaired) electrons. The van der Waals surface area contributed by atoms with Crippen LogP contribution in [-0.2, 0) is 9.47 Å². The van der Waals surface area contributed by atoms with Crippen molar-refractivity contribution >= 4 is 0 Å². The van der Waals surface area contributed by atoms with Gasteiger partial charge in [-0.25, -0.2) is 4.39 Å². The molecule has 178 valence electrons. The highest BCUT2D eigenvalue weighted by Crippen LogP contribution is 2.47. The predicted octanol–water partition coefficient (Wildman–Crippen LogP) is 3.43. The molecule has 0 aromatic heterocycles. The zero-order valence-electron chi connectivity index (χ0n) is 19.7. The van der Waals surface area contributed by atoms with E-state index < -0.39 is 6.17 Å². The largest absolute Gasteiger partial charge is 0.378 e. The van der Waals surface area contributed by atoms with Crippen molar-refractivity contribution < 1.29 is 13.9 Å². The SMILES string of the molecule is C[C@@H]1CC2(COCCN2)C2CC3CCCC(C3F)C3CCCCC3OCCN(C)CN21. The first-order chi connectivity index (χ1) is 15.1. The standard InChI is InChI=1S/C25H44FN3O2/c1-18-15-25(16-30-12-10-27-25)23-14-19-6-5-8-21(24(19)26)20-7-3-4-9-22(20)31-13-11-28(2)17-29(18)23/h18-24,27H,3-17H2,1-2H3/t18-,19?,20?,21?,22?,23?,24?,25?/m1/s1. The topological polar surface area (TPSA) is 37.0 Å². The van der Waals surface area contributed by atoms with Crippen LogP contribution in [0.1, 0.15) is 64.7 Å². The fraction of sp³-hybridized carbons (Fsp3) is 1.00. The average Bonchev–Trinajstić information content (AvgIpc) is 3.00. The van der Waals surface area contributed by atoms with Crippen molar-refractivity contribution in [1.82, 2.24) is 15.1 Å². The van der Waals surface area contributed by atoms with E-state index in [0.29, 0.717) is 18.0 Å². The second-order valence-electron chi connectivity index (χ2n) is 11.3. The van der Waals surface area contributed by atoms with Crippen LogP contribution in [0.25, 0.3) is 0 Å². The minimum Gasteiger partial charge on any atom is -0.378 e. The Labute approximate surface area is 188 Å². The molecule has 3 heterocycles. The van der Waals surface area contributed by atoms with Crippen molar-refractivity contribution in [3.05, 3.63) is 0 Å². The van der Waals surface area contributed by atoms with Crippen molar-refractivity contribution in [1.29, 1.82) is 0 Å². The summed E-state index contributed by atoms with van der Waals surface area (Å²) in [6.45, 7) is 7.47. The Morgan fingerprint density at radius 3 is 2.71 bits per heavy atom. The van der Waals surface area contributed by atoms with Crippen molar-refractivity contribution in [2.24, 2.45) is 17.8 Å². The van der Waals surface area contributed by atoms with Gasteiger partial charge in [-0.05, 0) is 70.3 Å². The van der Waals surface area contributed by atoms with Crippen LogP contribution in [0.5, 0.6) is 0 Å². The van der Waals surface area contributed by atoms with E-state index in [1.807, 2.05) is 0 Å². The zero-order valence-corrected chi connectivity index (χ0v) is 19.7. The third kappa shape index (κ3) is 4.44. The van der Waals surface area contributed by atoms with Gasteiger partial charge in [-0.3, -0.25) is 9.80 Å². The summed E-state index contributed by atoms with van der Waals surface area (Å²) >= 11 is 0. The molecule has 5 fully saturated rings. The van der Waals surface area contributed by atoms with Crippen molar-refractivity contribution in [3.63, 3.8) is 0 Å². The molecule has 5 rings (SSSR count). The van der Waals surface area contributed by atoms with Crippen LogP contribution in [0.15, 0.2) is 0 Å². The summed E-state index contributed by atoms with van der Waals surface area (Å²) in [4.78, 5) is 5.07. The molecule has 0 amide bonds. The monoisotopic (exact) mass is 437 g/mol. The molecule has 7 unspecified atom stereocenters. The van der Waals surface area contributed by atoms with Gasteiger partial charge in [0.2, 0.25) is 0 Å². The molecule has 0 aromatic rings. The summed E-state index contributed by atoms with van der Waals surface area (Å²) in [6.07, 6.45) is 9.69. The van der Waals surface area contributed by atoms with E-state index in [-0.39, 0.29) is 23.5 Å². The molecular weight excluding hydrogens is 393 g/mol. The molecule has 2 bridgehead atoms. The van der Waals surface area contributed by atoms with E-state index in [1.54, 1.807) is 0 Å². The molecule has 8 atom stereocenters. The van der Waals surface area contributed by atoms with E-state index in [9.17, 15) is 0 Å². The van der Waals surface area contributed by atoms with Crippen LogP contribution >= 0.6 is 0 Å². The van der Waals surface area contributed by atoms with E-state index in [0.717, 1.165) is 78.1 Å². The lowest BCUT2D eigenvalue weighted by Gasteiger charge is -2.46. The predicted molar refractivity (Wildman–Crippen MR) is 121 cm³/mol. The summed E-state index contributed by atoms with van der Waals surface area (Å²) in [5.74, 6) is 0.786. The summed E-state index contributed by atoms with van der Waals surface area (Å²) in [5, 5.41) is 3.87. The number of fused-ring (bicyclic) bond motifs is 6. The third-order valence-corrected chi connectivity index (χ3v) is 9.36. The molecule has 5 nitrogen and oxygen atoms in total. The number of likely N-dealkylation sites (N-methyl/N-ethyl adjacent to an activating group) is 1. The Balaban J connectivity index is 1.44. The van der Waals surface area contributed by atoms with E-state index in [4.69, 9.17) is 9.47 Å². The van der Waals surface area contributed by atoms with E-state index in [1.165, 1.54) is 19.3 Å². The van der Waals surface area contributed by atoms with Gasteiger partial charge >= 0.3 is 0 Å². The van der Waals surface area contributed by atoms with Gasteiger partial charge in [0.25, 0.3) is 0 Å². The maximum absolute atomic E-state index is 16.2. The summed E-state index contributed by atoms with van der Waals surface area (Å²) < 4.78 is 28.7. The second kappa shape index (κ2) is 9.54. The molecule has 3 aliphatic heterocycles. The Bertz CT molecular complexity index is 601. The van der Waals surface area contributed by atoms with Crippen LogP contribution in [0.2, 0.25) is 0 Å². The van der Waals surface area contributed by atoms with Crippen LogP contribution in [0.4, 0.5) is 4.39 Å². The number of halogens is 1. The molecule has 3 saturated heterocycles. The van der Waals surface area contributed by atoms with Gasteiger partial charge < -0.3 is 14.8 Å². The lowest BCUT2D eigenvalue weighted by molar-refractivity contribution is -0.0660. The minimum absolute atomic E-state index is 0.0186. The van der Waals surface area contributed by atoms with Gasteiger partial charge in [0, 0.05) is 25.2 Å². The maximum atomic E-state index is 16.2. The Morgan fingerprint density at radius 2 is 1.87 bits per heavy atom. The normalized spacial score (nSPS) is 48.3. The molecule has 2 saturated carbocycles. The molecule has 31 heavy (non-hydrogen) atoms. The van der Waals surface area contributed by atoms with E-state index >= 15 is 4.39 Å². The number of nitrogens with one attached hydrogen (secondary N) is 1. The molecule has 6 heteroatoms. The quantitative estimate of drug-likeness (QED) is 0.628. The molecule has 1 N–H and O–H groups in total. The Morgan fingerprint density at radius 1 is 1.03 bits per heavy atom. The second-order valence-corrected chi connectivity index (χ2v) is 11.3. The summed E-state index contributed by atoms with van der Waals surface area (Å²) in [5.41, 5.74) is -0.0186. The van der Waals surface area contributed by atoms with Gasteiger partial charge in [0.1, 0.15) is 6.17 Å². The van der Waals surface area contributed by atoms with Gasteiger partial charge in [0.05, 0.1) is 38.1 Å². The first-order valence-corrected chi connectivity index (χ1v) is 13.1. The number of morpholine rings is 1. The highest BCUT2D eigenvalue weighted by atomic mass is 19.1. The molecule has 2 aliphatic carbocycles.